The Morgan fingerprint density at radius 3 is 0.786 bits per heavy atom. The van der Waals surface area contributed by atoms with Crippen LogP contribution in [-0.4, -0.2) is 235 Å². The highest BCUT2D eigenvalue weighted by atomic mass is 16.6. The highest BCUT2D eigenvalue weighted by molar-refractivity contribution is 5.87. The average Bonchev–Trinajstić information content (AvgIpc) is 1.11. The molecule has 556 valence electrons. The Morgan fingerprint density at radius 1 is 0.286 bits per heavy atom. The van der Waals surface area contributed by atoms with Crippen LogP contribution < -0.4 is 47.9 Å². The summed E-state index contributed by atoms with van der Waals surface area (Å²) in [6.07, 6.45) is 18.3. The second-order valence-electron chi connectivity index (χ2n) is 23.0. The molecule has 98 heavy (non-hydrogen) atoms. The quantitative estimate of drug-likeness (QED) is 0.0221. The van der Waals surface area contributed by atoms with Gasteiger partial charge in [-0.1, -0.05) is 115 Å². The normalized spacial score (nSPS) is 10.4. The van der Waals surface area contributed by atoms with Crippen molar-refractivity contribution in [2.75, 3.05) is 138 Å². The predicted octanol–water partition coefficient (Wildman–Crippen LogP) is 4.93. The first-order chi connectivity index (χ1) is 47.3. The third kappa shape index (κ3) is 52.5. The molecular formula is C68H117N13O17. The molecule has 0 aliphatic rings. The second-order valence-corrected chi connectivity index (χ2v) is 23.0. The van der Waals surface area contributed by atoms with Gasteiger partial charge in [-0.05, 0) is 71.1 Å². The lowest BCUT2D eigenvalue weighted by Crippen LogP contribution is -2.48. The summed E-state index contributed by atoms with van der Waals surface area (Å²) in [5.74, 6) is -3.33. The zero-order valence-electron chi connectivity index (χ0n) is 58.7. The van der Waals surface area contributed by atoms with E-state index < -0.39 is 67.0 Å². The third-order valence-electron chi connectivity index (χ3n) is 14.8. The molecule has 0 saturated carbocycles. The van der Waals surface area contributed by atoms with Crippen LogP contribution in [-0.2, 0) is 62.1 Å². The fourth-order valence-corrected chi connectivity index (χ4v) is 9.43. The van der Waals surface area contributed by atoms with Crippen molar-refractivity contribution < 1.29 is 81.3 Å². The van der Waals surface area contributed by atoms with Crippen LogP contribution in [0.15, 0.2) is 50.6 Å². The van der Waals surface area contributed by atoms with Crippen LogP contribution in [0, 0.1) is 0 Å². The monoisotopic (exact) mass is 1390 g/mol. The molecule has 0 radical (unpaired) electrons. The van der Waals surface area contributed by atoms with Gasteiger partial charge in [-0.15, -0.1) is 0 Å². The van der Waals surface area contributed by atoms with E-state index in [1.54, 1.807) is 14.0 Å². The van der Waals surface area contributed by atoms with Crippen molar-refractivity contribution in [3.05, 3.63) is 50.6 Å². The van der Waals surface area contributed by atoms with Gasteiger partial charge in [0.2, 0.25) is 53.2 Å². The van der Waals surface area contributed by atoms with Gasteiger partial charge in [-0.3, -0.25) is 43.2 Å². The molecule has 0 aliphatic carbocycles. The summed E-state index contributed by atoms with van der Waals surface area (Å²) in [6, 6.07) is 0. The Kier molecular flexibility index (Phi) is 56.3. The van der Waals surface area contributed by atoms with Crippen molar-refractivity contribution in [2.45, 2.75) is 167 Å². The number of likely N-dealkylation sites (N-methyl/N-ethyl adjacent to an activating group) is 1. The van der Waals surface area contributed by atoms with Crippen LogP contribution in [0.5, 0.6) is 0 Å². The highest BCUT2D eigenvalue weighted by Gasteiger charge is 2.23. The number of alkyl carbamates (subject to hydrolysis) is 4. The molecular weight excluding hydrogens is 1270 g/mol. The van der Waals surface area contributed by atoms with E-state index in [9.17, 15) is 62.3 Å². The average molecular weight is 1390 g/mol. The van der Waals surface area contributed by atoms with Crippen LogP contribution in [0.3, 0.4) is 0 Å². The molecule has 30 heteroatoms. The molecule has 30 nitrogen and oxygen atoms in total. The van der Waals surface area contributed by atoms with E-state index in [0.717, 1.165) is 51.4 Å². The van der Waals surface area contributed by atoms with E-state index in [1.807, 2.05) is 0 Å². The predicted molar refractivity (Wildman–Crippen MR) is 372 cm³/mol. The van der Waals surface area contributed by atoms with E-state index in [0.29, 0.717) is 110 Å². The van der Waals surface area contributed by atoms with E-state index in [4.69, 9.17) is 18.9 Å². The largest absolute Gasteiger partial charge is 0.445 e. The maximum atomic E-state index is 13.9. The van der Waals surface area contributed by atoms with E-state index in [1.165, 1.54) is 43.9 Å². The summed E-state index contributed by atoms with van der Waals surface area (Å²) in [5, 5.41) is 24.3. The van der Waals surface area contributed by atoms with E-state index >= 15 is 0 Å². The van der Waals surface area contributed by atoms with Gasteiger partial charge < -0.3 is 86.4 Å². The molecule has 0 aromatic carbocycles. The van der Waals surface area contributed by atoms with E-state index in [-0.39, 0.29) is 141 Å². The Morgan fingerprint density at radius 2 is 0.510 bits per heavy atom. The highest BCUT2D eigenvalue weighted by Crippen LogP contribution is 2.11. The summed E-state index contributed by atoms with van der Waals surface area (Å²) < 4.78 is 19.7. The molecule has 0 heterocycles. The molecule has 0 aliphatic heterocycles. The van der Waals surface area contributed by atoms with Crippen molar-refractivity contribution in [1.82, 2.24) is 67.5 Å². The molecule has 0 atom stereocenters. The molecule has 0 spiro atoms. The van der Waals surface area contributed by atoms with E-state index in [2.05, 4.69) is 74.2 Å². The molecule has 0 aromatic rings. The molecule has 0 bridgehead atoms. The second kappa shape index (κ2) is 61.8. The lowest BCUT2D eigenvalue weighted by atomic mass is 10.1. The minimum absolute atomic E-state index is 0.0137. The maximum Gasteiger partial charge on any atom is 0.407 e. The number of nitrogens with zero attached hydrogens (tertiary/aromatic N) is 4. The zero-order valence-corrected chi connectivity index (χ0v) is 58.7. The van der Waals surface area contributed by atoms with Gasteiger partial charge in [0, 0.05) is 118 Å². The van der Waals surface area contributed by atoms with Crippen LogP contribution in [0.1, 0.15) is 167 Å². The number of carbonyl (C=O) groups is 13. The number of amides is 13. The first-order valence-electron chi connectivity index (χ1n) is 34.8. The summed E-state index contributed by atoms with van der Waals surface area (Å²) in [7, 11) is 1.63. The topological polar surface area (TPSA) is 380 Å². The number of rotatable bonds is 61. The van der Waals surface area contributed by atoms with Gasteiger partial charge in [0.15, 0.2) is 0 Å². The standard InChI is InChI=1S/C68H117N13O17/c1-7-48-95-65(91)74-38-28-18-23-33-61(87)78(11-5)52-57(83)71-42-45-80(63(89)35-25-20-30-40-76-67(93)97-50-9-3)54-59(85)73-44-47-81(64(90)36-26-21-31-41-77-68(94)98-51-10-4)55-60(86)72-43-46-79(62(88)34-24-19-29-39-75-66(92)96-49-8-2)53-58(84)70-37-27-17-15-13-12-14-16-22-32-56(82)69-6/h7-10H,1-4,11-55H2,5-6H3,(H,69,82)(H,70,84)(H,71,83)(H,72,86)(H,73,85)(H,74,91)(H,75,92)(H,76,93)(H,77,94). The molecule has 9 N–H and O–H groups in total. The van der Waals surface area contributed by atoms with Gasteiger partial charge in [0.05, 0.1) is 26.2 Å². The number of nitrogens with one attached hydrogen (secondary N) is 9. The van der Waals surface area contributed by atoms with Crippen LogP contribution >= 0.6 is 0 Å². The Hall–Kier alpha value is -8.73. The number of hydrogen-bond donors (Lipinski definition) is 9. The maximum absolute atomic E-state index is 13.9. The first kappa shape index (κ1) is 89.3. The fourth-order valence-electron chi connectivity index (χ4n) is 9.43. The fraction of sp³-hybridized carbons (Fsp3) is 0.691. The summed E-state index contributed by atoms with van der Waals surface area (Å²) >= 11 is 0. The van der Waals surface area contributed by atoms with Crippen LogP contribution in [0.4, 0.5) is 19.2 Å². The van der Waals surface area contributed by atoms with Gasteiger partial charge in [-0.2, -0.15) is 0 Å². The van der Waals surface area contributed by atoms with Crippen molar-refractivity contribution >= 4 is 77.5 Å². The minimum atomic E-state index is -0.608. The number of carbonyl (C=O) groups excluding carboxylic acids is 13. The van der Waals surface area contributed by atoms with Crippen LogP contribution in [0.2, 0.25) is 0 Å². The number of ether oxygens (including phenoxy) is 4. The molecule has 0 aromatic heterocycles. The number of unbranched alkanes of at least 4 members (excludes halogenated alkanes) is 15. The Bertz CT molecular complexity index is 2400. The third-order valence-corrected chi connectivity index (χ3v) is 14.8. The molecule has 0 rings (SSSR count). The van der Waals surface area contributed by atoms with Crippen molar-refractivity contribution in [3.8, 4) is 0 Å². The van der Waals surface area contributed by atoms with Gasteiger partial charge in [0.25, 0.3) is 0 Å². The zero-order chi connectivity index (χ0) is 72.7. The van der Waals surface area contributed by atoms with Crippen molar-refractivity contribution in [2.24, 2.45) is 0 Å². The van der Waals surface area contributed by atoms with Crippen molar-refractivity contribution in [1.29, 1.82) is 0 Å². The lowest BCUT2D eigenvalue weighted by Gasteiger charge is -2.25. The van der Waals surface area contributed by atoms with Gasteiger partial charge in [-0.25, -0.2) is 19.2 Å². The van der Waals surface area contributed by atoms with Gasteiger partial charge >= 0.3 is 24.4 Å². The molecule has 0 fully saturated rings. The first-order valence-corrected chi connectivity index (χ1v) is 34.8. The Balaban J connectivity index is 6.08. The lowest BCUT2D eigenvalue weighted by molar-refractivity contribution is -0.137. The summed E-state index contributed by atoms with van der Waals surface area (Å²) in [6.45, 7) is 16.1. The van der Waals surface area contributed by atoms with Gasteiger partial charge in [0.1, 0.15) is 26.4 Å². The molecule has 13 amide bonds. The number of hydrogen-bond acceptors (Lipinski definition) is 17. The molecule has 0 unspecified atom stereocenters. The van der Waals surface area contributed by atoms with Crippen molar-refractivity contribution in [3.63, 3.8) is 0 Å². The van der Waals surface area contributed by atoms with Crippen LogP contribution in [0.25, 0.3) is 0 Å². The minimum Gasteiger partial charge on any atom is -0.445 e. The molecule has 0 saturated heterocycles. The summed E-state index contributed by atoms with van der Waals surface area (Å²) in [5.41, 5.74) is 0. The SMILES string of the molecule is C=CCOC(=O)NCCCCCC(=O)N(CC)CC(=O)NCCN(CC(=O)NCCN(CC(=O)NCCN(CC(=O)NCCCCCCCCCCC(=O)NC)C(=O)CCCCCNC(=O)OCC=C)C(=O)CCCCCNC(=O)OCC=C)C(=O)CCCCCNC(=O)OCC=C. The summed E-state index contributed by atoms with van der Waals surface area (Å²) in [4.78, 5) is 172. The Labute approximate surface area is 580 Å². The smallest absolute Gasteiger partial charge is 0.407 e.